The molecular weight excluding hydrogens is 164 g/mol. The summed E-state index contributed by atoms with van der Waals surface area (Å²) in [4.78, 5) is 13.4. The molecule has 2 unspecified atom stereocenters. The maximum absolute atomic E-state index is 11.8. The van der Waals surface area contributed by atoms with Crippen molar-refractivity contribution in [3.8, 4) is 0 Å². The first kappa shape index (κ1) is 10.5. The molecule has 2 atom stereocenters. The molecule has 1 amide bonds. The van der Waals surface area contributed by atoms with Gasteiger partial charge in [-0.2, -0.15) is 0 Å². The highest BCUT2D eigenvalue weighted by atomic mass is 16.2. The molecule has 1 rings (SSSR count). The Labute approximate surface area is 80.3 Å². The normalized spacial score (nSPS) is 34.3. The van der Waals surface area contributed by atoms with Crippen molar-refractivity contribution < 1.29 is 4.79 Å². The molecule has 1 fully saturated rings. The Hall–Kier alpha value is -0.570. The van der Waals surface area contributed by atoms with Crippen LogP contribution in [-0.4, -0.2) is 30.4 Å². The van der Waals surface area contributed by atoms with E-state index in [0.717, 1.165) is 19.3 Å². The van der Waals surface area contributed by atoms with Gasteiger partial charge in [0.15, 0.2) is 0 Å². The van der Waals surface area contributed by atoms with E-state index in [-0.39, 0.29) is 5.91 Å². The predicted molar refractivity (Wildman–Crippen MR) is 53.2 cm³/mol. The smallest absolute Gasteiger partial charge is 0.242 e. The fourth-order valence-corrected chi connectivity index (χ4v) is 2.11. The zero-order valence-corrected chi connectivity index (χ0v) is 8.84. The van der Waals surface area contributed by atoms with Crippen LogP contribution in [0.2, 0.25) is 0 Å². The van der Waals surface area contributed by atoms with Crippen LogP contribution in [0.25, 0.3) is 0 Å². The fraction of sp³-hybridized carbons (Fsp3) is 0.900. The lowest BCUT2D eigenvalue weighted by atomic mass is 9.73. The highest BCUT2D eigenvalue weighted by molar-refractivity contribution is 5.86. The van der Waals surface area contributed by atoms with Crippen molar-refractivity contribution in [1.29, 1.82) is 0 Å². The molecule has 3 heteroatoms. The first-order valence-corrected chi connectivity index (χ1v) is 4.99. The summed E-state index contributed by atoms with van der Waals surface area (Å²) in [6.07, 6.45) is 4.21. The number of nitrogens with two attached hydrogens (primary N) is 1. The molecule has 76 valence electrons. The van der Waals surface area contributed by atoms with E-state index in [0.29, 0.717) is 5.92 Å². The topological polar surface area (TPSA) is 46.3 Å². The molecule has 1 aliphatic rings. The number of rotatable bonds is 1. The lowest BCUT2D eigenvalue weighted by Crippen LogP contribution is -2.58. The minimum Gasteiger partial charge on any atom is -0.347 e. The van der Waals surface area contributed by atoms with Gasteiger partial charge < -0.3 is 10.6 Å². The van der Waals surface area contributed by atoms with Crippen molar-refractivity contribution in [2.75, 3.05) is 14.1 Å². The van der Waals surface area contributed by atoms with E-state index in [1.54, 1.807) is 19.0 Å². The quantitative estimate of drug-likeness (QED) is 0.660. The molecule has 0 aromatic rings. The highest BCUT2D eigenvalue weighted by Gasteiger charge is 2.41. The van der Waals surface area contributed by atoms with Gasteiger partial charge in [-0.1, -0.05) is 19.8 Å². The van der Waals surface area contributed by atoms with Crippen molar-refractivity contribution in [3.05, 3.63) is 0 Å². The van der Waals surface area contributed by atoms with E-state index >= 15 is 0 Å². The second-order valence-corrected chi connectivity index (χ2v) is 4.39. The summed E-state index contributed by atoms with van der Waals surface area (Å²) in [6.45, 7) is 2.08. The van der Waals surface area contributed by atoms with Gasteiger partial charge in [0.1, 0.15) is 0 Å². The lowest BCUT2D eigenvalue weighted by molar-refractivity contribution is -0.137. The minimum absolute atomic E-state index is 0.0831. The summed E-state index contributed by atoms with van der Waals surface area (Å²) < 4.78 is 0. The van der Waals surface area contributed by atoms with Crippen LogP contribution in [0.1, 0.15) is 32.6 Å². The Morgan fingerprint density at radius 3 is 2.54 bits per heavy atom. The first-order chi connectivity index (χ1) is 5.98. The summed E-state index contributed by atoms with van der Waals surface area (Å²) in [5.74, 6) is 0.399. The second kappa shape index (κ2) is 3.66. The Morgan fingerprint density at radius 2 is 2.08 bits per heavy atom. The molecule has 1 saturated carbocycles. The molecule has 1 aliphatic carbocycles. The number of hydrogen-bond acceptors (Lipinski definition) is 2. The van der Waals surface area contributed by atoms with Crippen molar-refractivity contribution in [2.24, 2.45) is 11.7 Å². The Morgan fingerprint density at radius 1 is 1.46 bits per heavy atom. The third-order valence-electron chi connectivity index (χ3n) is 3.16. The predicted octanol–water partition coefficient (Wildman–Crippen LogP) is 0.982. The maximum Gasteiger partial charge on any atom is 0.242 e. The van der Waals surface area contributed by atoms with Crippen LogP contribution >= 0.6 is 0 Å². The molecule has 0 aliphatic heterocycles. The molecule has 0 heterocycles. The van der Waals surface area contributed by atoms with Crippen molar-refractivity contribution >= 4 is 5.91 Å². The number of amides is 1. The van der Waals surface area contributed by atoms with Crippen LogP contribution in [0, 0.1) is 5.92 Å². The van der Waals surface area contributed by atoms with Crippen molar-refractivity contribution in [3.63, 3.8) is 0 Å². The molecule has 2 N–H and O–H groups in total. The van der Waals surface area contributed by atoms with E-state index in [2.05, 4.69) is 6.92 Å². The van der Waals surface area contributed by atoms with Gasteiger partial charge in [0, 0.05) is 14.1 Å². The van der Waals surface area contributed by atoms with Gasteiger partial charge in [0.25, 0.3) is 0 Å². The van der Waals surface area contributed by atoms with Gasteiger partial charge >= 0.3 is 0 Å². The Balaban J connectivity index is 2.77. The summed E-state index contributed by atoms with van der Waals surface area (Å²) in [6, 6.07) is 0. The van der Waals surface area contributed by atoms with Crippen molar-refractivity contribution in [1.82, 2.24) is 4.90 Å². The van der Waals surface area contributed by atoms with E-state index in [1.807, 2.05) is 0 Å². The molecule has 0 spiro atoms. The third-order valence-corrected chi connectivity index (χ3v) is 3.16. The van der Waals surface area contributed by atoms with Gasteiger partial charge in [-0.05, 0) is 18.8 Å². The molecular formula is C10H20N2O. The zero-order valence-electron chi connectivity index (χ0n) is 8.84. The molecule has 0 saturated heterocycles. The van der Waals surface area contributed by atoms with E-state index in [1.165, 1.54) is 6.42 Å². The van der Waals surface area contributed by atoms with Gasteiger partial charge in [-0.15, -0.1) is 0 Å². The summed E-state index contributed by atoms with van der Waals surface area (Å²) in [5.41, 5.74) is 5.56. The largest absolute Gasteiger partial charge is 0.347 e. The Kier molecular flexibility index (Phi) is 2.96. The molecule has 13 heavy (non-hydrogen) atoms. The molecule has 0 aromatic carbocycles. The average Bonchev–Trinajstić information content (AvgIpc) is 2.09. The fourth-order valence-electron chi connectivity index (χ4n) is 2.11. The summed E-state index contributed by atoms with van der Waals surface area (Å²) in [5, 5.41) is 0. The van der Waals surface area contributed by atoms with Crippen LogP contribution in [-0.2, 0) is 4.79 Å². The van der Waals surface area contributed by atoms with Gasteiger partial charge in [-0.25, -0.2) is 0 Å². The number of carbonyl (C=O) groups excluding carboxylic acids is 1. The van der Waals surface area contributed by atoms with Crippen molar-refractivity contribution in [2.45, 2.75) is 38.1 Å². The monoisotopic (exact) mass is 184 g/mol. The molecule has 0 aromatic heterocycles. The lowest BCUT2D eigenvalue weighted by Gasteiger charge is -2.39. The zero-order chi connectivity index (χ0) is 10.1. The molecule has 3 nitrogen and oxygen atoms in total. The highest BCUT2D eigenvalue weighted by Crippen LogP contribution is 2.32. The molecule has 0 radical (unpaired) electrons. The maximum atomic E-state index is 11.8. The van der Waals surface area contributed by atoms with Crippen LogP contribution < -0.4 is 5.73 Å². The van der Waals surface area contributed by atoms with Crippen LogP contribution in [0.15, 0.2) is 0 Å². The first-order valence-electron chi connectivity index (χ1n) is 4.99. The van der Waals surface area contributed by atoms with E-state index < -0.39 is 5.54 Å². The summed E-state index contributed by atoms with van der Waals surface area (Å²) in [7, 11) is 3.55. The number of hydrogen-bond donors (Lipinski definition) is 1. The number of carbonyl (C=O) groups is 1. The minimum atomic E-state index is -0.595. The second-order valence-electron chi connectivity index (χ2n) is 4.39. The van der Waals surface area contributed by atoms with Crippen LogP contribution in [0.5, 0.6) is 0 Å². The Bertz CT molecular complexity index is 203. The standard InChI is InChI=1S/C10H20N2O/c1-8-6-4-5-7-10(8,11)9(13)12(2)3/h8H,4-7,11H2,1-3H3. The van der Waals surface area contributed by atoms with Crippen LogP contribution in [0.3, 0.4) is 0 Å². The summed E-state index contributed by atoms with van der Waals surface area (Å²) >= 11 is 0. The SMILES string of the molecule is CC1CCCCC1(N)C(=O)N(C)C. The van der Waals surface area contributed by atoms with Gasteiger partial charge in [-0.3, -0.25) is 4.79 Å². The van der Waals surface area contributed by atoms with Gasteiger partial charge in [0.2, 0.25) is 5.91 Å². The molecule has 0 bridgehead atoms. The third kappa shape index (κ3) is 1.85. The van der Waals surface area contributed by atoms with Crippen LogP contribution in [0.4, 0.5) is 0 Å². The number of likely N-dealkylation sites (N-methyl/N-ethyl adjacent to an activating group) is 1. The number of nitrogens with zero attached hydrogens (tertiary/aromatic N) is 1. The van der Waals surface area contributed by atoms with E-state index in [9.17, 15) is 4.79 Å². The van der Waals surface area contributed by atoms with E-state index in [4.69, 9.17) is 5.73 Å². The van der Waals surface area contributed by atoms with Gasteiger partial charge in [0.05, 0.1) is 5.54 Å². The average molecular weight is 184 g/mol.